The van der Waals surface area contributed by atoms with Crippen molar-refractivity contribution < 1.29 is 50.7 Å². The molecule has 0 spiro atoms. The van der Waals surface area contributed by atoms with E-state index < -0.39 is 7.38 Å². The first-order chi connectivity index (χ1) is 10.9. The smallest absolute Gasteiger partial charge is 0.146 e. The van der Waals surface area contributed by atoms with E-state index in [-0.39, 0.29) is 50.7 Å². The summed E-state index contributed by atoms with van der Waals surface area (Å²) in [6.07, 6.45) is 1.19. The molecule has 0 N–H and O–H groups in total. The number of benzene rings is 1. The SMILES string of the molecule is CCC[Si]1(Cl)c2[cH-]c3cccc(C4=C(C)C(C)=C(C)C4C)c3c21.[Cl-].[Cl-].[Hf]. The molecule has 0 fully saturated rings. The average Bonchev–Trinajstić information content (AvgIpc) is 2.83. The Morgan fingerprint density at radius 2 is 1.77 bits per heavy atom. The fourth-order valence-corrected chi connectivity index (χ4v) is 9.84. The van der Waals surface area contributed by atoms with Gasteiger partial charge in [-0.3, -0.25) is 0 Å². The second-order valence-corrected chi connectivity index (χ2v) is 12.4. The van der Waals surface area contributed by atoms with E-state index in [9.17, 15) is 0 Å². The van der Waals surface area contributed by atoms with Gasteiger partial charge in [0.1, 0.15) is 7.38 Å². The van der Waals surface area contributed by atoms with Crippen LogP contribution in [0.2, 0.25) is 6.04 Å². The first kappa shape index (κ1) is 24.3. The van der Waals surface area contributed by atoms with Gasteiger partial charge in [-0.2, -0.15) is 11.1 Å². The maximum Gasteiger partial charge on any atom is 0.146 e. The van der Waals surface area contributed by atoms with Gasteiger partial charge in [-0.1, -0.05) is 37.5 Å². The molecule has 1 aliphatic carbocycles. The minimum atomic E-state index is -1.75. The fraction of sp³-hybridized carbons (Fsp3) is 0.381. The molecule has 0 radical (unpaired) electrons. The van der Waals surface area contributed by atoms with E-state index in [0.29, 0.717) is 5.92 Å². The number of hydrogen-bond donors (Lipinski definition) is 0. The molecule has 0 saturated heterocycles. The monoisotopic (exact) mass is 589 g/mol. The number of hydrogen-bond acceptors (Lipinski definition) is 0. The van der Waals surface area contributed by atoms with Crippen molar-refractivity contribution in [2.24, 2.45) is 5.92 Å². The van der Waals surface area contributed by atoms with Gasteiger partial charge < -0.3 is 24.8 Å². The molecule has 26 heavy (non-hydrogen) atoms. The third-order valence-corrected chi connectivity index (χ3v) is 11.4. The van der Waals surface area contributed by atoms with Gasteiger partial charge in [-0.15, -0.1) is 39.3 Å². The second kappa shape index (κ2) is 8.33. The predicted molar refractivity (Wildman–Crippen MR) is 106 cm³/mol. The molecular weight excluding hydrogens is 565 g/mol. The minimum absolute atomic E-state index is 0. The van der Waals surface area contributed by atoms with Crippen molar-refractivity contribution in [1.29, 1.82) is 0 Å². The zero-order valence-electron chi connectivity index (χ0n) is 15.9. The standard InChI is InChI=1S/C21H24ClSi.2ClH.Hf/c1-6-10-23(22)18-11-16-8-7-9-17(20(16)21(18)23)19-14(4)12(2)13(3)15(19)5;;;/h7-9,11,14H,6,10H2,1-5H3;2*1H;/q-1;;;/p-2. The fourth-order valence-electron chi connectivity index (χ4n) is 4.59. The van der Waals surface area contributed by atoms with E-state index in [1.807, 2.05) is 0 Å². The van der Waals surface area contributed by atoms with Crippen molar-refractivity contribution in [3.05, 3.63) is 46.5 Å². The van der Waals surface area contributed by atoms with Crippen molar-refractivity contribution >= 4 is 45.2 Å². The molecule has 2 aromatic rings. The Kier molecular flexibility index (Phi) is 7.79. The van der Waals surface area contributed by atoms with Crippen LogP contribution in [0.1, 0.15) is 46.6 Å². The molecule has 1 heterocycles. The second-order valence-electron chi connectivity index (χ2n) is 7.32. The summed E-state index contributed by atoms with van der Waals surface area (Å²) in [5, 5.41) is 5.92. The Morgan fingerprint density at radius 3 is 2.31 bits per heavy atom. The Balaban J connectivity index is 0.00000113. The zero-order chi connectivity index (χ0) is 16.5. The van der Waals surface area contributed by atoms with Crippen LogP contribution in [-0.2, 0) is 25.8 Å². The Labute approximate surface area is 194 Å². The van der Waals surface area contributed by atoms with Crippen molar-refractivity contribution in [3.8, 4) is 0 Å². The molecule has 1 aliphatic heterocycles. The van der Waals surface area contributed by atoms with Gasteiger partial charge in [-0.05, 0) is 43.5 Å². The maximum absolute atomic E-state index is 7.06. The molecule has 0 amide bonds. The average molecular weight is 589 g/mol. The number of allylic oxidation sites excluding steroid dienone is 4. The van der Waals surface area contributed by atoms with Gasteiger partial charge in [0.2, 0.25) is 0 Å². The molecule has 2 atom stereocenters. The van der Waals surface area contributed by atoms with Crippen molar-refractivity contribution in [3.63, 3.8) is 0 Å². The summed E-state index contributed by atoms with van der Waals surface area (Å²) in [4.78, 5) is 0. The molecule has 5 heteroatoms. The molecule has 2 aromatic carbocycles. The van der Waals surface area contributed by atoms with Crippen LogP contribution in [0.4, 0.5) is 0 Å². The minimum Gasteiger partial charge on any atom is -1.00 e. The summed E-state index contributed by atoms with van der Waals surface area (Å²) in [7, 11) is -1.75. The van der Waals surface area contributed by atoms with Crippen LogP contribution in [-0.4, -0.2) is 7.38 Å². The summed E-state index contributed by atoms with van der Waals surface area (Å²) in [6.45, 7) is 11.4. The number of halogens is 3. The van der Waals surface area contributed by atoms with Crippen LogP contribution in [0.15, 0.2) is 41.0 Å². The summed E-state index contributed by atoms with van der Waals surface area (Å²) >= 11 is 7.06. The maximum atomic E-state index is 7.06. The zero-order valence-corrected chi connectivity index (χ0v) is 22.8. The van der Waals surface area contributed by atoms with Crippen molar-refractivity contribution in [2.45, 2.75) is 47.1 Å². The van der Waals surface area contributed by atoms with Crippen LogP contribution in [0.3, 0.4) is 0 Å². The third kappa shape index (κ3) is 3.18. The normalized spacial score (nSPS) is 23.4. The van der Waals surface area contributed by atoms with Crippen LogP contribution >= 0.6 is 11.1 Å². The first-order valence-electron chi connectivity index (χ1n) is 8.73. The van der Waals surface area contributed by atoms with E-state index in [0.717, 1.165) is 0 Å². The molecule has 4 rings (SSSR count). The molecule has 0 bridgehead atoms. The Hall–Kier alpha value is 0.267. The van der Waals surface area contributed by atoms with E-state index in [1.165, 1.54) is 56.3 Å². The van der Waals surface area contributed by atoms with Gasteiger partial charge in [0.05, 0.1) is 0 Å². The van der Waals surface area contributed by atoms with E-state index in [2.05, 4.69) is 58.9 Å². The van der Waals surface area contributed by atoms with E-state index >= 15 is 0 Å². The van der Waals surface area contributed by atoms with Gasteiger partial charge >= 0.3 is 0 Å². The predicted octanol–water partition coefficient (Wildman–Crippen LogP) is -0.654. The van der Waals surface area contributed by atoms with Gasteiger partial charge in [-0.25, -0.2) is 0 Å². The number of fused-ring (bicyclic) bond motifs is 3. The largest absolute Gasteiger partial charge is 1.00 e. The Morgan fingerprint density at radius 1 is 1.12 bits per heavy atom. The summed E-state index contributed by atoms with van der Waals surface area (Å²) < 4.78 is 0. The van der Waals surface area contributed by atoms with Crippen molar-refractivity contribution in [2.75, 3.05) is 0 Å². The van der Waals surface area contributed by atoms with Crippen LogP contribution in [0.25, 0.3) is 16.3 Å². The molecule has 0 nitrogen and oxygen atoms in total. The first-order valence-corrected chi connectivity index (χ1v) is 11.9. The molecule has 0 aromatic heterocycles. The quantitative estimate of drug-likeness (QED) is 0.254. The van der Waals surface area contributed by atoms with Crippen LogP contribution in [0, 0.1) is 5.92 Å². The third-order valence-electron chi connectivity index (χ3n) is 6.20. The van der Waals surface area contributed by atoms with E-state index in [1.54, 1.807) is 5.19 Å². The molecule has 140 valence electrons. The summed E-state index contributed by atoms with van der Waals surface area (Å²) in [5.74, 6) is 0.516. The van der Waals surface area contributed by atoms with Gasteiger partial charge in [0.25, 0.3) is 0 Å². The molecule has 2 unspecified atom stereocenters. The summed E-state index contributed by atoms with van der Waals surface area (Å²) in [6, 6.07) is 10.4. The molecule has 2 aliphatic rings. The Bertz CT molecular complexity index is 909. The van der Waals surface area contributed by atoms with Gasteiger partial charge in [0.15, 0.2) is 0 Å². The summed E-state index contributed by atoms with van der Waals surface area (Å²) in [5.41, 5.74) is 7.42. The van der Waals surface area contributed by atoms with E-state index in [4.69, 9.17) is 11.1 Å². The molecule has 0 saturated carbocycles. The van der Waals surface area contributed by atoms with Crippen LogP contribution in [0.5, 0.6) is 0 Å². The van der Waals surface area contributed by atoms with Crippen LogP contribution < -0.4 is 35.2 Å². The van der Waals surface area contributed by atoms with Crippen molar-refractivity contribution in [1.82, 2.24) is 0 Å². The number of rotatable bonds is 3. The topological polar surface area (TPSA) is 0 Å². The van der Waals surface area contributed by atoms with Gasteiger partial charge in [0, 0.05) is 31.8 Å². The molecular formula is C21H24Cl3HfSi-3.